The van der Waals surface area contributed by atoms with Gasteiger partial charge in [-0.1, -0.05) is 13.3 Å². The van der Waals surface area contributed by atoms with Crippen LogP contribution in [0.15, 0.2) is 12.3 Å². The molecule has 136 valence electrons. The van der Waals surface area contributed by atoms with Crippen molar-refractivity contribution in [3.8, 4) is 0 Å². The van der Waals surface area contributed by atoms with Gasteiger partial charge in [0.1, 0.15) is 0 Å². The normalized spacial score (nSPS) is 20.2. The van der Waals surface area contributed by atoms with Gasteiger partial charge in [0, 0.05) is 19.3 Å². The quantitative estimate of drug-likeness (QED) is 0.718. The second-order valence-corrected chi connectivity index (χ2v) is 7.57. The zero-order chi connectivity index (χ0) is 17.7. The number of halogens is 3. The Morgan fingerprint density at radius 2 is 2.25 bits per heavy atom. The summed E-state index contributed by atoms with van der Waals surface area (Å²) in [5.41, 5.74) is -0.880. The predicted octanol–water partition coefficient (Wildman–Crippen LogP) is 3.99. The van der Waals surface area contributed by atoms with E-state index < -0.39 is 11.9 Å². The van der Waals surface area contributed by atoms with Crippen molar-refractivity contribution in [2.75, 3.05) is 18.8 Å². The van der Waals surface area contributed by atoms with Crippen LogP contribution in [0.25, 0.3) is 0 Å². The number of alkyl halides is 3. The molecule has 2 rings (SSSR count). The molecule has 0 saturated carbocycles. The van der Waals surface area contributed by atoms with Crippen LogP contribution < -0.4 is 0 Å². The standard InChI is InChI=1S/C16H24F3N3OS/c1-3-4-10-24-12(2)15(23)21-8-5-6-13(11-21)22-9-7-14(20-22)16(17,18)19/h7,9,12-13H,3-6,8,10-11H2,1-2H3/t12-,13-/m0/s1. The van der Waals surface area contributed by atoms with Crippen LogP contribution >= 0.6 is 11.8 Å². The number of carbonyl (C=O) groups is 1. The van der Waals surface area contributed by atoms with Crippen LogP contribution in [0.5, 0.6) is 0 Å². The third kappa shape index (κ3) is 4.91. The molecule has 1 aliphatic rings. The van der Waals surface area contributed by atoms with Crippen molar-refractivity contribution < 1.29 is 18.0 Å². The first-order valence-corrected chi connectivity index (χ1v) is 9.40. The highest BCUT2D eigenvalue weighted by molar-refractivity contribution is 8.00. The Kier molecular flexibility index (Phi) is 6.60. The van der Waals surface area contributed by atoms with Gasteiger partial charge in [0.2, 0.25) is 5.91 Å². The summed E-state index contributed by atoms with van der Waals surface area (Å²) in [7, 11) is 0. The zero-order valence-electron chi connectivity index (χ0n) is 14.1. The number of unbranched alkanes of at least 4 members (excludes halogenated alkanes) is 1. The van der Waals surface area contributed by atoms with Crippen LogP contribution in [0.1, 0.15) is 51.3 Å². The van der Waals surface area contributed by atoms with Crippen LogP contribution in [0.4, 0.5) is 13.2 Å². The molecule has 2 atom stereocenters. The van der Waals surface area contributed by atoms with E-state index in [1.807, 2.05) is 6.92 Å². The van der Waals surface area contributed by atoms with Crippen LogP contribution in [0.2, 0.25) is 0 Å². The summed E-state index contributed by atoms with van der Waals surface area (Å²) < 4.78 is 39.4. The zero-order valence-corrected chi connectivity index (χ0v) is 14.9. The number of carbonyl (C=O) groups excluding carboxylic acids is 1. The second-order valence-electron chi connectivity index (χ2n) is 6.13. The van der Waals surface area contributed by atoms with Crippen molar-refractivity contribution in [2.24, 2.45) is 0 Å². The molecule has 8 heteroatoms. The maximum atomic E-state index is 12.7. The minimum Gasteiger partial charge on any atom is -0.340 e. The van der Waals surface area contributed by atoms with Crippen molar-refractivity contribution in [3.05, 3.63) is 18.0 Å². The molecule has 1 aliphatic heterocycles. The van der Waals surface area contributed by atoms with E-state index in [1.165, 1.54) is 10.9 Å². The molecular weight excluding hydrogens is 339 g/mol. The number of hydrogen-bond acceptors (Lipinski definition) is 3. The number of amides is 1. The Labute approximate surface area is 144 Å². The lowest BCUT2D eigenvalue weighted by Crippen LogP contribution is -2.44. The lowest BCUT2D eigenvalue weighted by molar-refractivity contribution is -0.142. The Balaban J connectivity index is 1.96. The number of hydrogen-bond donors (Lipinski definition) is 0. The van der Waals surface area contributed by atoms with E-state index in [1.54, 1.807) is 16.7 Å². The van der Waals surface area contributed by atoms with Crippen molar-refractivity contribution in [2.45, 2.75) is 57.0 Å². The molecule has 4 nitrogen and oxygen atoms in total. The first kappa shape index (κ1) is 19.1. The minimum absolute atomic E-state index is 0.0732. The molecule has 24 heavy (non-hydrogen) atoms. The summed E-state index contributed by atoms with van der Waals surface area (Å²) in [6, 6.07) is 0.802. The molecule has 1 saturated heterocycles. The molecule has 0 N–H and O–H groups in total. The van der Waals surface area contributed by atoms with Crippen LogP contribution in [-0.4, -0.2) is 44.7 Å². The summed E-state index contributed by atoms with van der Waals surface area (Å²) in [6.07, 6.45) is 0.629. The van der Waals surface area contributed by atoms with Gasteiger partial charge in [-0.15, -0.1) is 11.8 Å². The van der Waals surface area contributed by atoms with Gasteiger partial charge in [-0.25, -0.2) is 0 Å². The summed E-state index contributed by atoms with van der Waals surface area (Å²) >= 11 is 1.64. The van der Waals surface area contributed by atoms with E-state index in [0.29, 0.717) is 13.1 Å². The molecule has 1 amide bonds. The Morgan fingerprint density at radius 3 is 2.88 bits per heavy atom. The molecule has 2 heterocycles. The summed E-state index contributed by atoms with van der Waals surface area (Å²) in [5.74, 6) is 1.03. The third-order valence-corrected chi connectivity index (χ3v) is 5.42. The second kappa shape index (κ2) is 8.27. The first-order valence-electron chi connectivity index (χ1n) is 8.35. The average molecular weight is 363 g/mol. The lowest BCUT2D eigenvalue weighted by Gasteiger charge is -2.34. The highest BCUT2D eigenvalue weighted by Gasteiger charge is 2.35. The van der Waals surface area contributed by atoms with Crippen LogP contribution in [-0.2, 0) is 11.0 Å². The van der Waals surface area contributed by atoms with Crippen LogP contribution in [0.3, 0.4) is 0 Å². The predicted molar refractivity (Wildman–Crippen MR) is 88.9 cm³/mol. The molecular formula is C16H24F3N3OS. The number of rotatable bonds is 6. The molecule has 0 radical (unpaired) electrons. The average Bonchev–Trinajstić information content (AvgIpc) is 3.04. The third-order valence-electron chi connectivity index (χ3n) is 4.19. The van der Waals surface area contributed by atoms with Crippen molar-refractivity contribution >= 4 is 17.7 Å². The van der Waals surface area contributed by atoms with Gasteiger partial charge in [0.05, 0.1) is 11.3 Å². The Bertz CT molecular complexity index is 547. The van der Waals surface area contributed by atoms with E-state index in [9.17, 15) is 18.0 Å². The summed E-state index contributed by atoms with van der Waals surface area (Å²) in [4.78, 5) is 14.3. The Morgan fingerprint density at radius 1 is 1.50 bits per heavy atom. The topological polar surface area (TPSA) is 38.1 Å². The van der Waals surface area contributed by atoms with Gasteiger partial charge in [0.15, 0.2) is 5.69 Å². The van der Waals surface area contributed by atoms with Crippen LogP contribution in [0, 0.1) is 0 Å². The van der Waals surface area contributed by atoms with Gasteiger partial charge in [-0.05, 0) is 38.0 Å². The van der Waals surface area contributed by atoms with Crippen molar-refractivity contribution in [1.82, 2.24) is 14.7 Å². The number of likely N-dealkylation sites (tertiary alicyclic amines) is 1. The number of nitrogens with zero attached hydrogens (tertiary/aromatic N) is 3. The fraction of sp³-hybridized carbons (Fsp3) is 0.750. The minimum atomic E-state index is -4.43. The smallest absolute Gasteiger partial charge is 0.340 e. The molecule has 0 spiro atoms. The first-order chi connectivity index (χ1) is 11.3. The molecule has 0 unspecified atom stereocenters. The molecule has 0 aliphatic carbocycles. The maximum Gasteiger partial charge on any atom is 0.435 e. The largest absolute Gasteiger partial charge is 0.435 e. The maximum absolute atomic E-state index is 12.7. The van der Waals surface area contributed by atoms with E-state index >= 15 is 0 Å². The fourth-order valence-corrected chi connectivity index (χ4v) is 3.90. The monoisotopic (exact) mass is 363 g/mol. The number of piperidine rings is 1. The molecule has 1 fully saturated rings. The van der Waals surface area contributed by atoms with Gasteiger partial charge < -0.3 is 4.90 Å². The lowest BCUT2D eigenvalue weighted by atomic mass is 10.1. The van der Waals surface area contributed by atoms with Crippen molar-refractivity contribution in [1.29, 1.82) is 0 Å². The van der Waals surface area contributed by atoms with Gasteiger partial charge in [-0.3, -0.25) is 9.48 Å². The summed E-state index contributed by atoms with van der Waals surface area (Å²) in [6.45, 7) is 5.11. The Hall–Kier alpha value is -1.18. The van der Waals surface area contributed by atoms with Gasteiger partial charge >= 0.3 is 6.18 Å². The SMILES string of the molecule is CCCCS[C@@H](C)C(=O)N1CCC[C@H](n2ccc(C(F)(F)F)n2)C1. The molecule has 0 aromatic carbocycles. The van der Waals surface area contributed by atoms with Crippen molar-refractivity contribution in [3.63, 3.8) is 0 Å². The highest BCUT2D eigenvalue weighted by atomic mass is 32.2. The van der Waals surface area contributed by atoms with Gasteiger partial charge in [-0.2, -0.15) is 18.3 Å². The molecule has 1 aromatic heterocycles. The molecule has 1 aromatic rings. The fourth-order valence-electron chi connectivity index (χ4n) is 2.80. The highest BCUT2D eigenvalue weighted by Crippen LogP contribution is 2.29. The summed E-state index contributed by atoms with van der Waals surface area (Å²) in [5, 5.41) is 3.54. The van der Waals surface area contributed by atoms with E-state index in [2.05, 4.69) is 12.0 Å². The molecule has 0 bridgehead atoms. The van der Waals surface area contributed by atoms with Gasteiger partial charge in [0.25, 0.3) is 0 Å². The van der Waals surface area contributed by atoms with E-state index in [4.69, 9.17) is 0 Å². The van der Waals surface area contributed by atoms with E-state index in [0.717, 1.165) is 37.5 Å². The number of aromatic nitrogens is 2. The van der Waals surface area contributed by atoms with E-state index in [-0.39, 0.29) is 17.2 Å². The number of thioether (sulfide) groups is 1.